The molecule has 2 amide bonds. The Morgan fingerprint density at radius 3 is 2.55 bits per heavy atom. The highest BCUT2D eigenvalue weighted by Gasteiger charge is 2.19. The zero-order valence-corrected chi connectivity index (χ0v) is 11.8. The van der Waals surface area contributed by atoms with Crippen molar-refractivity contribution in [1.29, 1.82) is 0 Å². The van der Waals surface area contributed by atoms with Crippen molar-refractivity contribution >= 4 is 12.0 Å². The average molecular weight is 284 g/mol. The number of carboxylic acid groups (broad SMARTS) is 1. The van der Waals surface area contributed by atoms with Gasteiger partial charge in [0.25, 0.3) is 0 Å². The van der Waals surface area contributed by atoms with Gasteiger partial charge in [0.1, 0.15) is 0 Å². The van der Waals surface area contributed by atoms with Gasteiger partial charge < -0.3 is 20.3 Å². The maximum Gasteiger partial charge on any atom is 0.315 e. The fourth-order valence-electron chi connectivity index (χ4n) is 1.69. The molecule has 8 heteroatoms. The van der Waals surface area contributed by atoms with Crippen LogP contribution in [0.1, 0.15) is 32.0 Å². The first-order valence-corrected chi connectivity index (χ1v) is 6.42. The van der Waals surface area contributed by atoms with Gasteiger partial charge in [0.2, 0.25) is 5.89 Å². The average Bonchev–Trinajstić information content (AvgIpc) is 2.77. The second-order valence-corrected chi connectivity index (χ2v) is 4.96. The molecule has 1 aromatic rings. The maximum absolute atomic E-state index is 11.5. The van der Waals surface area contributed by atoms with Crippen LogP contribution in [0, 0.1) is 18.8 Å². The number of aromatic nitrogens is 2. The monoisotopic (exact) mass is 284 g/mol. The molecule has 0 saturated heterocycles. The van der Waals surface area contributed by atoms with E-state index in [0.29, 0.717) is 18.1 Å². The molecule has 0 saturated carbocycles. The molecule has 1 unspecified atom stereocenters. The third-order valence-electron chi connectivity index (χ3n) is 2.58. The number of urea groups is 1. The highest BCUT2D eigenvalue weighted by molar-refractivity contribution is 5.75. The summed E-state index contributed by atoms with van der Waals surface area (Å²) in [4.78, 5) is 26.5. The normalized spacial score (nSPS) is 12.2. The van der Waals surface area contributed by atoms with Gasteiger partial charge in [-0.05, 0) is 19.3 Å². The number of amides is 2. The number of nitrogens with one attached hydrogen (secondary N) is 2. The van der Waals surface area contributed by atoms with Crippen molar-refractivity contribution in [2.24, 2.45) is 11.8 Å². The van der Waals surface area contributed by atoms with Crippen LogP contribution >= 0.6 is 0 Å². The van der Waals surface area contributed by atoms with Crippen molar-refractivity contribution in [3.63, 3.8) is 0 Å². The topological polar surface area (TPSA) is 117 Å². The van der Waals surface area contributed by atoms with E-state index in [2.05, 4.69) is 20.8 Å². The predicted molar refractivity (Wildman–Crippen MR) is 69.9 cm³/mol. The number of nitrogens with zero attached hydrogens (tertiary/aromatic N) is 2. The van der Waals surface area contributed by atoms with Crippen LogP contribution in [-0.2, 0) is 11.3 Å². The molecule has 8 nitrogen and oxygen atoms in total. The van der Waals surface area contributed by atoms with Crippen LogP contribution in [0.2, 0.25) is 0 Å². The summed E-state index contributed by atoms with van der Waals surface area (Å²) in [7, 11) is 0. The zero-order chi connectivity index (χ0) is 15.1. The molecular formula is C12H20N4O4. The third kappa shape index (κ3) is 5.68. The largest absolute Gasteiger partial charge is 0.481 e. The first-order valence-electron chi connectivity index (χ1n) is 6.42. The van der Waals surface area contributed by atoms with E-state index in [9.17, 15) is 9.59 Å². The standard InChI is InChI=1S/C12H20N4O4/c1-7(2)4-9(11(17)18)5-13-12(19)14-6-10-15-8(3)16-20-10/h7,9H,4-6H2,1-3H3,(H,17,18)(H2,13,14,19). The van der Waals surface area contributed by atoms with Crippen molar-refractivity contribution in [1.82, 2.24) is 20.8 Å². The Bertz CT molecular complexity index is 458. The summed E-state index contributed by atoms with van der Waals surface area (Å²) in [6.45, 7) is 5.75. The highest BCUT2D eigenvalue weighted by Crippen LogP contribution is 2.10. The number of aryl methyl sites for hydroxylation is 1. The lowest BCUT2D eigenvalue weighted by Gasteiger charge is -2.15. The fraction of sp³-hybridized carbons (Fsp3) is 0.667. The lowest BCUT2D eigenvalue weighted by atomic mass is 9.97. The lowest BCUT2D eigenvalue weighted by molar-refractivity contribution is -0.142. The molecule has 1 rings (SSSR count). The van der Waals surface area contributed by atoms with Gasteiger partial charge in [0.15, 0.2) is 5.82 Å². The molecule has 3 N–H and O–H groups in total. The van der Waals surface area contributed by atoms with Gasteiger partial charge in [-0.25, -0.2) is 4.79 Å². The van der Waals surface area contributed by atoms with Gasteiger partial charge in [-0.1, -0.05) is 19.0 Å². The smallest absolute Gasteiger partial charge is 0.315 e. The molecule has 1 aromatic heterocycles. The second kappa shape index (κ2) is 7.46. The molecule has 1 atom stereocenters. The summed E-state index contributed by atoms with van der Waals surface area (Å²) < 4.78 is 4.83. The molecule has 112 valence electrons. The van der Waals surface area contributed by atoms with E-state index in [4.69, 9.17) is 9.63 Å². The summed E-state index contributed by atoms with van der Waals surface area (Å²) in [6.07, 6.45) is 0.512. The first kappa shape index (κ1) is 15.9. The van der Waals surface area contributed by atoms with Crippen LogP contribution in [0.4, 0.5) is 4.79 Å². The minimum Gasteiger partial charge on any atom is -0.481 e. The summed E-state index contributed by atoms with van der Waals surface area (Å²) in [5.41, 5.74) is 0. The van der Waals surface area contributed by atoms with Crippen molar-refractivity contribution in [2.45, 2.75) is 33.7 Å². The van der Waals surface area contributed by atoms with Gasteiger partial charge in [-0.2, -0.15) is 4.98 Å². The summed E-state index contributed by atoms with van der Waals surface area (Å²) in [6, 6.07) is -0.462. The van der Waals surface area contributed by atoms with Crippen LogP contribution in [0.25, 0.3) is 0 Å². The number of carbonyl (C=O) groups is 2. The SMILES string of the molecule is Cc1noc(CNC(=O)NCC(CC(C)C)C(=O)O)n1. The molecule has 0 aliphatic heterocycles. The quantitative estimate of drug-likeness (QED) is 0.685. The highest BCUT2D eigenvalue weighted by atomic mass is 16.5. The van der Waals surface area contributed by atoms with E-state index in [1.807, 2.05) is 13.8 Å². The van der Waals surface area contributed by atoms with Crippen molar-refractivity contribution in [3.05, 3.63) is 11.7 Å². The molecule has 0 bridgehead atoms. The fourth-order valence-corrected chi connectivity index (χ4v) is 1.69. The van der Waals surface area contributed by atoms with Gasteiger partial charge in [0.05, 0.1) is 12.5 Å². The molecular weight excluding hydrogens is 264 g/mol. The van der Waals surface area contributed by atoms with E-state index >= 15 is 0 Å². The third-order valence-corrected chi connectivity index (χ3v) is 2.58. The molecule has 0 radical (unpaired) electrons. The van der Waals surface area contributed by atoms with E-state index in [1.54, 1.807) is 6.92 Å². The number of carboxylic acids is 1. The second-order valence-electron chi connectivity index (χ2n) is 4.96. The molecule has 0 aromatic carbocycles. The van der Waals surface area contributed by atoms with Crippen molar-refractivity contribution in [2.75, 3.05) is 6.54 Å². The van der Waals surface area contributed by atoms with E-state index in [1.165, 1.54) is 0 Å². The van der Waals surface area contributed by atoms with Crippen LogP contribution in [0.5, 0.6) is 0 Å². The minimum atomic E-state index is -0.911. The van der Waals surface area contributed by atoms with Gasteiger partial charge in [-0.15, -0.1) is 0 Å². The summed E-state index contributed by atoms with van der Waals surface area (Å²) >= 11 is 0. The molecule has 0 spiro atoms. The van der Waals surface area contributed by atoms with Crippen molar-refractivity contribution in [3.8, 4) is 0 Å². The van der Waals surface area contributed by atoms with Crippen LogP contribution in [-0.4, -0.2) is 33.8 Å². The Morgan fingerprint density at radius 1 is 1.35 bits per heavy atom. The summed E-state index contributed by atoms with van der Waals surface area (Å²) in [5.74, 6) is -0.458. The molecule has 1 heterocycles. The Hall–Kier alpha value is -2.12. The number of carbonyl (C=O) groups excluding carboxylic acids is 1. The van der Waals surface area contributed by atoms with Gasteiger partial charge >= 0.3 is 12.0 Å². The Kier molecular flexibility index (Phi) is 5.95. The number of aliphatic carboxylic acids is 1. The van der Waals surface area contributed by atoms with E-state index in [0.717, 1.165) is 0 Å². The lowest BCUT2D eigenvalue weighted by Crippen LogP contribution is -2.40. The van der Waals surface area contributed by atoms with Gasteiger partial charge in [-0.3, -0.25) is 4.79 Å². The van der Waals surface area contributed by atoms with Crippen molar-refractivity contribution < 1.29 is 19.2 Å². The molecule has 0 aliphatic carbocycles. The molecule has 0 aliphatic rings. The molecule has 20 heavy (non-hydrogen) atoms. The van der Waals surface area contributed by atoms with Gasteiger partial charge in [0, 0.05) is 6.54 Å². The summed E-state index contributed by atoms with van der Waals surface area (Å²) in [5, 5.41) is 17.7. The van der Waals surface area contributed by atoms with E-state index < -0.39 is 17.9 Å². The maximum atomic E-state index is 11.5. The molecule has 0 fully saturated rings. The van der Waals surface area contributed by atoms with E-state index in [-0.39, 0.29) is 19.0 Å². The Morgan fingerprint density at radius 2 is 2.05 bits per heavy atom. The first-order chi connectivity index (χ1) is 9.38. The minimum absolute atomic E-state index is 0.0855. The van der Waals surface area contributed by atoms with Crippen LogP contribution < -0.4 is 10.6 Å². The number of rotatable bonds is 7. The Labute approximate surface area is 116 Å². The Balaban J connectivity index is 2.32. The van der Waals surface area contributed by atoms with Crippen LogP contribution in [0.15, 0.2) is 4.52 Å². The number of hydrogen-bond acceptors (Lipinski definition) is 5. The predicted octanol–water partition coefficient (Wildman–Crippen LogP) is 0.924. The number of hydrogen-bond donors (Lipinski definition) is 3. The van der Waals surface area contributed by atoms with Crippen LogP contribution in [0.3, 0.4) is 0 Å². The zero-order valence-electron chi connectivity index (χ0n) is 11.8.